The number of carboxylic acids is 1. The van der Waals surface area contributed by atoms with Gasteiger partial charge in [0.2, 0.25) is 0 Å². The summed E-state index contributed by atoms with van der Waals surface area (Å²) in [5.41, 5.74) is -0.625. The third-order valence-corrected chi connectivity index (χ3v) is 5.78. The molecule has 2 aromatic rings. The molecule has 8 heteroatoms. The molecule has 0 radical (unpaired) electrons. The van der Waals surface area contributed by atoms with E-state index >= 15 is 0 Å². The van der Waals surface area contributed by atoms with Crippen LogP contribution in [0.3, 0.4) is 0 Å². The first-order valence-corrected chi connectivity index (χ1v) is 9.35. The van der Waals surface area contributed by atoms with Gasteiger partial charge in [0.15, 0.2) is 0 Å². The summed E-state index contributed by atoms with van der Waals surface area (Å²) in [6.45, 7) is 1.51. The van der Waals surface area contributed by atoms with Gasteiger partial charge in [-0.05, 0) is 0 Å². The topological polar surface area (TPSA) is 75.4 Å². The number of hydrogen-bond acceptors (Lipinski definition) is 4. The van der Waals surface area contributed by atoms with Crippen LogP contribution in [0.4, 0.5) is 10.2 Å². The fourth-order valence-corrected chi connectivity index (χ4v) is 4.07. The molecule has 2 aliphatic rings. The Morgan fingerprint density at radius 2 is 2.12 bits per heavy atom. The fraction of sp³-hybridized carbons (Fsp3) is 0.438. The molecule has 2 aromatic heterocycles. The maximum atomic E-state index is 14.6. The van der Waals surface area contributed by atoms with Crippen LogP contribution in [0.1, 0.15) is 35.7 Å². The summed E-state index contributed by atoms with van der Waals surface area (Å²) in [6.07, 6.45) is 4.19. The number of carboxylic acid groups (broad SMARTS) is 1. The van der Waals surface area contributed by atoms with Crippen LogP contribution < -0.4 is 10.3 Å². The minimum atomic E-state index is -1.30. The van der Waals surface area contributed by atoms with Crippen molar-refractivity contribution < 1.29 is 14.3 Å². The Morgan fingerprint density at radius 1 is 1.38 bits per heavy atom. The molecule has 1 saturated carbocycles. The second-order valence-corrected chi connectivity index (χ2v) is 8.45. The summed E-state index contributed by atoms with van der Waals surface area (Å²) in [5.74, 6) is -1.60. The zero-order valence-corrected chi connectivity index (χ0v) is 15.3. The van der Waals surface area contributed by atoms with Gasteiger partial charge in [-0.25, -0.2) is 0 Å². The molecule has 1 N–H and O–H groups in total. The minimum absolute atomic E-state index is 0.0412. The zero-order chi connectivity index (χ0) is 17.0. The fourth-order valence-electron chi connectivity index (χ4n) is 3.22. The van der Waals surface area contributed by atoms with Crippen LogP contribution >= 0.6 is 0 Å². The molecule has 1 aliphatic heterocycles. The van der Waals surface area contributed by atoms with Gasteiger partial charge in [-0.1, -0.05) is 0 Å². The van der Waals surface area contributed by atoms with E-state index in [0.717, 1.165) is 38.4 Å². The van der Waals surface area contributed by atoms with Crippen molar-refractivity contribution in [2.45, 2.75) is 30.0 Å². The van der Waals surface area contributed by atoms with E-state index in [1.807, 2.05) is 4.90 Å². The van der Waals surface area contributed by atoms with Crippen molar-refractivity contribution in [2.75, 3.05) is 18.0 Å². The van der Waals surface area contributed by atoms with Crippen molar-refractivity contribution in [1.29, 1.82) is 0 Å². The molecule has 3 heterocycles. The summed E-state index contributed by atoms with van der Waals surface area (Å²) in [6, 6.07) is 1.29. The monoisotopic (exact) mass is 393 g/mol. The number of carbonyl (C=O) groups is 1. The first kappa shape index (κ1) is 15.6. The summed E-state index contributed by atoms with van der Waals surface area (Å²) < 4.78 is 16.8. The van der Waals surface area contributed by atoms with Gasteiger partial charge in [0.1, 0.15) is 0 Å². The number of halogens is 1. The Morgan fingerprint density at radius 3 is 2.71 bits per heavy atom. The average molecular weight is 393 g/mol. The van der Waals surface area contributed by atoms with Crippen LogP contribution in [-0.4, -0.2) is 50.6 Å². The van der Waals surface area contributed by atoms with E-state index in [2.05, 4.69) is 4.98 Å². The summed E-state index contributed by atoms with van der Waals surface area (Å²) >= 11 is 1.64. The number of aromatic nitrogens is 2. The van der Waals surface area contributed by atoms with E-state index in [1.165, 1.54) is 6.20 Å². The molecule has 6 nitrogen and oxygen atoms in total. The number of rotatable bonds is 3. The number of pyridine rings is 2. The molecule has 126 valence electrons. The van der Waals surface area contributed by atoms with Crippen molar-refractivity contribution in [3.63, 3.8) is 0 Å². The van der Waals surface area contributed by atoms with Crippen LogP contribution in [0.2, 0.25) is 4.71 Å². The maximum absolute atomic E-state index is 14.6. The summed E-state index contributed by atoms with van der Waals surface area (Å²) in [7, 11) is 0. The molecule has 1 aliphatic carbocycles. The molecule has 1 saturated heterocycles. The zero-order valence-electron chi connectivity index (χ0n) is 12.9. The summed E-state index contributed by atoms with van der Waals surface area (Å²) in [4.78, 5) is 30.1. The van der Waals surface area contributed by atoms with E-state index in [9.17, 15) is 19.1 Å². The van der Waals surface area contributed by atoms with E-state index in [4.69, 9.17) is 0 Å². The molecule has 2 unspecified atom stereocenters. The molecule has 0 bridgehead atoms. The van der Waals surface area contributed by atoms with E-state index < -0.39 is 17.2 Å². The Balaban J connectivity index is 1.95. The van der Waals surface area contributed by atoms with Crippen molar-refractivity contribution in [3.8, 4) is 0 Å². The average Bonchev–Trinajstić information content (AvgIpc) is 3.28. The van der Waals surface area contributed by atoms with Crippen molar-refractivity contribution >= 4 is 39.7 Å². The van der Waals surface area contributed by atoms with Gasteiger partial charge in [0.25, 0.3) is 0 Å². The van der Waals surface area contributed by atoms with Gasteiger partial charge in [-0.15, -0.1) is 0 Å². The van der Waals surface area contributed by atoms with Gasteiger partial charge in [-0.3, -0.25) is 0 Å². The Kier molecular flexibility index (Phi) is 3.64. The van der Waals surface area contributed by atoms with Gasteiger partial charge in [0, 0.05) is 0 Å². The number of hydrogen-bond donors (Lipinski definition) is 1. The number of fused-ring (bicyclic) bond motifs is 1. The SMILES string of the molecule is O=C(O)c1cn(C2CC2)c2nc(N3CCC([AsH2])C3)c(F)cc2c1=O. The van der Waals surface area contributed by atoms with Gasteiger partial charge >= 0.3 is 145 Å². The molecule has 0 aromatic carbocycles. The Labute approximate surface area is 145 Å². The van der Waals surface area contributed by atoms with Crippen LogP contribution in [-0.2, 0) is 0 Å². The predicted octanol–water partition coefficient (Wildman–Crippen LogP) is 1.20. The van der Waals surface area contributed by atoms with Gasteiger partial charge in [0.05, 0.1) is 0 Å². The van der Waals surface area contributed by atoms with E-state index in [1.54, 1.807) is 21.4 Å². The molecule has 4 rings (SSSR count). The number of aromatic carboxylic acids is 1. The van der Waals surface area contributed by atoms with Crippen LogP contribution in [0.15, 0.2) is 17.1 Å². The van der Waals surface area contributed by atoms with Crippen molar-refractivity contribution in [3.05, 3.63) is 33.9 Å². The summed E-state index contributed by atoms with van der Waals surface area (Å²) in [5, 5.41) is 9.28. The normalized spacial score (nSPS) is 20.8. The van der Waals surface area contributed by atoms with Crippen LogP contribution in [0, 0.1) is 5.82 Å². The van der Waals surface area contributed by atoms with E-state index in [0.29, 0.717) is 10.4 Å². The van der Waals surface area contributed by atoms with Gasteiger partial charge in [-0.2, -0.15) is 0 Å². The third-order valence-electron chi connectivity index (χ3n) is 4.63. The molecule has 0 amide bonds. The Bertz CT molecular complexity index is 910. The van der Waals surface area contributed by atoms with Crippen LogP contribution in [0.5, 0.6) is 0 Å². The second-order valence-electron chi connectivity index (χ2n) is 6.48. The standard InChI is InChI=1S/C16H17AsFN3O3/c17-8-3-4-20(6-8)15-12(18)5-10-13(22)11(16(23)24)7-21(9-1-2-9)14(10)19-15/h5,7-9H,1-4,6,17H2,(H,23,24). The first-order chi connectivity index (χ1) is 11.5. The molecule has 2 fully saturated rings. The molecule has 24 heavy (non-hydrogen) atoms. The molecule has 2 atom stereocenters. The predicted molar refractivity (Wildman–Crippen MR) is 90.3 cm³/mol. The molecular formula is C16H17AsFN3O3. The number of anilines is 1. The van der Waals surface area contributed by atoms with Crippen LogP contribution in [0.25, 0.3) is 11.0 Å². The quantitative estimate of drug-likeness (QED) is 0.794. The first-order valence-electron chi connectivity index (χ1n) is 7.95. The third kappa shape index (κ3) is 2.51. The van der Waals surface area contributed by atoms with E-state index in [-0.39, 0.29) is 22.8 Å². The molecule has 0 spiro atoms. The van der Waals surface area contributed by atoms with Crippen molar-refractivity contribution in [1.82, 2.24) is 9.55 Å². The number of nitrogens with zero attached hydrogens (tertiary/aromatic N) is 3. The second kappa shape index (κ2) is 5.59. The van der Waals surface area contributed by atoms with Crippen molar-refractivity contribution in [2.24, 2.45) is 0 Å². The Hall–Kier alpha value is -1.88. The van der Waals surface area contributed by atoms with Gasteiger partial charge < -0.3 is 0 Å². The molecular weight excluding hydrogens is 376 g/mol.